The third-order valence-electron chi connectivity index (χ3n) is 3.29. The number of anilines is 1. The van der Waals surface area contributed by atoms with E-state index in [1.165, 1.54) is 24.4 Å². The molecule has 0 aliphatic heterocycles. The molecule has 0 bridgehead atoms. The Morgan fingerprint density at radius 1 is 1.30 bits per heavy atom. The predicted molar refractivity (Wildman–Crippen MR) is 102 cm³/mol. The summed E-state index contributed by atoms with van der Waals surface area (Å²) in [6, 6.07) is 11.7. The molecule has 0 unspecified atom stereocenters. The summed E-state index contributed by atoms with van der Waals surface area (Å²) in [6.45, 7) is -0.585. The van der Waals surface area contributed by atoms with Crippen LogP contribution in [-0.2, 0) is 14.8 Å². The average molecular weight is 411 g/mol. The van der Waals surface area contributed by atoms with E-state index in [4.69, 9.17) is 11.6 Å². The Morgan fingerprint density at radius 3 is 2.56 bits per heavy atom. The Bertz CT molecular complexity index is 977. The number of nitrogens with one attached hydrogen (secondary N) is 1. The van der Waals surface area contributed by atoms with Crippen molar-refractivity contribution in [1.82, 2.24) is 5.43 Å². The molecule has 0 aromatic heterocycles. The van der Waals surface area contributed by atoms with Gasteiger partial charge in [0, 0.05) is 17.2 Å². The van der Waals surface area contributed by atoms with Crippen molar-refractivity contribution < 1.29 is 18.1 Å². The Labute approximate surface area is 160 Å². The van der Waals surface area contributed by atoms with Gasteiger partial charge in [0.15, 0.2) is 0 Å². The van der Waals surface area contributed by atoms with E-state index in [2.05, 4.69) is 10.5 Å². The molecule has 1 N–H and O–H groups in total. The number of carbonyl (C=O) groups is 1. The quantitative estimate of drug-likeness (QED) is 0.425. The summed E-state index contributed by atoms with van der Waals surface area (Å²) in [5.41, 5.74) is 2.61. The summed E-state index contributed by atoms with van der Waals surface area (Å²) >= 11 is 5.77. The number of halogens is 1. The van der Waals surface area contributed by atoms with Gasteiger partial charge in [0.2, 0.25) is 10.0 Å². The molecule has 142 valence electrons. The van der Waals surface area contributed by atoms with Crippen molar-refractivity contribution >= 4 is 45.1 Å². The van der Waals surface area contributed by atoms with Crippen molar-refractivity contribution in [2.45, 2.75) is 0 Å². The van der Waals surface area contributed by atoms with Gasteiger partial charge in [-0.2, -0.15) is 5.10 Å². The molecular formula is C16H15ClN4O5S. The second-order valence-corrected chi connectivity index (χ2v) is 7.73. The van der Waals surface area contributed by atoms with Crippen LogP contribution < -0.4 is 9.73 Å². The van der Waals surface area contributed by atoms with E-state index >= 15 is 0 Å². The molecule has 0 radical (unpaired) electrons. The maximum Gasteiger partial charge on any atom is 0.271 e. The molecule has 0 saturated heterocycles. The van der Waals surface area contributed by atoms with E-state index < -0.39 is 27.4 Å². The van der Waals surface area contributed by atoms with E-state index in [1.807, 2.05) is 0 Å². The molecule has 0 spiro atoms. The molecule has 0 atom stereocenters. The zero-order chi connectivity index (χ0) is 20.0. The third kappa shape index (κ3) is 6.04. The van der Waals surface area contributed by atoms with Gasteiger partial charge in [-0.15, -0.1) is 0 Å². The molecule has 27 heavy (non-hydrogen) atoms. The fourth-order valence-corrected chi connectivity index (χ4v) is 3.03. The highest BCUT2D eigenvalue weighted by Gasteiger charge is 2.22. The molecule has 2 rings (SSSR count). The van der Waals surface area contributed by atoms with Crippen LogP contribution in [0.4, 0.5) is 11.4 Å². The molecule has 0 saturated carbocycles. The molecule has 0 aliphatic rings. The minimum atomic E-state index is -3.85. The maximum atomic E-state index is 12.1. The Kier molecular flexibility index (Phi) is 6.48. The summed E-state index contributed by atoms with van der Waals surface area (Å²) in [7, 11) is -3.85. The first-order valence-electron chi connectivity index (χ1n) is 7.46. The number of nitro groups is 1. The highest BCUT2D eigenvalue weighted by atomic mass is 35.5. The van der Waals surface area contributed by atoms with E-state index in [0.29, 0.717) is 10.6 Å². The van der Waals surface area contributed by atoms with Crippen LogP contribution in [0.1, 0.15) is 5.56 Å². The number of nitro benzene ring substituents is 1. The zero-order valence-electron chi connectivity index (χ0n) is 14.1. The molecule has 0 fully saturated rings. The number of rotatable bonds is 7. The third-order valence-corrected chi connectivity index (χ3v) is 4.68. The summed E-state index contributed by atoms with van der Waals surface area (Å²) < 4.78 is 24.8. The lowest BCUT2D eigenvalue weighted by molar-refractivity contribution is -0.384. The number of benzene rings is 2. The first kappa shape index (κ1) is 20.3. The lowest BCUT2D eigenvalue weighted by Gasteiger charge is -2.21. The summed E-state index contributed by atoms with van der Waals surface area (Å²) in [5, 5.41) is 15.2. The second-order valence-electron chi connectivity index (χ2n) is 5.39. The van der Waals surface area contributed by atoms with Crippen LogP contribution in [-0.4, -0.2) is 38.3 Å². The number of non-ortho nitro benzene ring substituents is 1. The number of nitrogens with zero attached hydrogens (tertiary/aromatic N) is 3. The van der Waals surface area contributed by atoms with E-state index in [-0.39, 0.29) is 11.4 Å². The molecule has 2 aromatic carbocycles. The number of hydrazone groups is 1. The van der Waals surface area contributed by atoms with Crippen molar-refractivity contribution in [3.63, 3.8) is 0 Å². The van der Waals surface area contributed by atoms with Crippen molar-refractivity contribution in [3.8, 4) is 0 Å². The summed E-state index contributed by atoms with van der Waals surface area (Å²) in [5.74, 6) is -0.711. The van der Waals surface area contributed by atoms with Gasteiger partial charge in [0.05, 0.1) is 23.1 Å². The van der Waals surface area contributed by atoms with Crippen LogP contribution in [0.25, 0.3) is 0 Å². The zero-order valence-corrected chi connectivity index (χ0v) is 15.6. The fourth-order valence-electron chi connectivity index (χ4n) is 2.06. The van der Waals surface area contributed by atoms with Gasteiger partial charge in [-0.05, 0) is 23.8 Å². The minimum absolute atomic E-state index is 0.00327. The Balaban J connectivity index is 2.12. The highest BCUT2D eigenvalue weighted by molar-refractivity contribution is 7.92. The standard InChI is InChI=1S/C16H15ClN4O5S/c1-27(25,26)20(14-3-2-4-15(9-14)21(23)24)11-16(22)19-18-10-12-5-7-13(17)8-6-12/h2-10H,11H2,1H3,(H,19,22)/b18-10-. The topological polar surface area (TPSA) is 122 Å². The normalized spacial score (nSPS) is 11.3. The van der Waals surface area contributed by atoms with Crippen molar-refractivity contribution in [1.29, 1.82) is 0 Å². The number of hydrogen-bond acceptors (Lipinski definition) is 6. The monoisotopic (exact) mass is 410 g/mol. The fraction of sp³-hybridized carbons (Fsp3) is 0.125. The van der Waals surface area contributed by atoms with Gasteiger partial charge in [-0.1, -0.05) is 29.8 Å². The summed E-state index contributed by atoms with van der Waals surface area (Å²) in [4.78, 5) is 22.3. The number of hydrogen-bond donors (Lipinski definition) is 1. The lowest BCUT2D eigenvalue weighted by atomic mass is 10.2. The van der Waals surface area contributed by atoms with Gasteiger partial charge < -0.3 is 0 Å². The van der Waals surface area contributed by atoms with E-state index in [9.17, 15) is 23.3 Å². The van der Waals surface area contributed by atoms with Gasteiger partial charge in [-0.3, -0.25) is 19.2 Å². The van der Waals surface area contributed by atoms with Crippen LogP contribution in [0, 0.1) is 10.1 Å². The van der Waals surface area contributed by atoms with Crippen molar-refractivity contribution in [2.24, 2.45) is 5.10 Å². The largest absolute Gasteiger partial charge is 0.271 e. The second kappa shape index (κ2) is 8.60. The summed E-state index contributed by atoms with van der Waals surface area (Å²) in [6.07, 6.45) is 2.27. The smallest absolute Gasteiger partial charge is 0.271 e. The van der Waals surface area contributed by atoms with Gasteiger partial charge in [-0.25, -0.2) is 13.8 Å². The molecule has 0 aliphatic carbocycles. The van der Waals surface area contributed by atoms with Gasteiger partial charge in [0.25, 0.3) is 11.6 Å². The van der Waals surface area contributed by atoms with E-state index in [0.717, 1.165) is 16.6 Å². The number of carbonyl (C=O) groups excluding carboxylic acids is 1. The molecule has 9 nitrogen and oxygen atoms in total. The van der Waals surface area contributed by atoms with Crippen LogP contribution in [0.15, 0.2) is 53.6 Å². The Morgan fingerprint density at radius 2 is 1.96 bits per heavy atom. The lowest BCUT2D eigenvalue weighted by Crippen LogP contribution is -2.39. The molecule has 1 amide bonds. The molecular weight excluding hydrogens is 396 g/mol. The number of sulfonamides is 1. The molecule has 11 heteroatoms. The highest BCUT2D eigenvalue weighted by Crippen LogP contribution is 2.22. The molecule has 0 heterocycles. The van der Waals surface area contributed by atoms with Crippen LogP contribution in [0.5, 0.6) is 0 Å². The maximum absolute atomic E-state index is 12.1. The van der Waals surface area contributed by atoms with Crippen LogP contribution in [0.2, 0.25) is 5.02 Å². The Hall–Kier alpha value is -2.98. The minimum Gasteiger partial charge on any atom is -0.271 e. The first-order chi connectivity index (χ1) is 12.7. The van der Waals surface area contributed by atoms with Crippen LogP contribution >= 0.6 is 11.6 Å². The predicted octanol–water partition coefficient (Wildman–Crippen LogP) is 2.16. The van der Waals surface area contributed by atoms with Gasteiger partial charge in [0.1, 0.15) is 6.54 Å². The first-order valence-corrected chi connectivity index (χ1v) is 9.69. The van der Waals surface area contributed by atoms with Crippen molar-refractivity contribution in [2.75, 3.05) is 17.1 Å². The number of amides is 1. The van der Waals surface area contributed by atoms with Crippen LogP contribution in [0.3, 0.4) is 0 Å². The molecule has 2 aromatic rings. The van der Waals surface area contributed by atoms with E-state index in [1.54, 1.807) is 24.3 Å². The average Bonchev–Trinajstić information content (AvgIpc) is 2.60. The van der Waals surface area contributed by atoms with Gasteiger partial charge >= 0.3 is 0 Å². The van der Waals surface area contributed by atoms with Crippen molar-refractivity contribution in [3.05, 3.63) is 69.2 Å². The SMILES string of the molecule is CS(=O)(=O)N(CC(=O)N/N=C\c1ccc(Cl)cc1)c1cccc([N+](=O)[O-])c1.